The highest BCUT2D eigenvalue weighted by atomic mass is 32.1. The molecule has 2 aromatic heterocycles. The maximum Gasteiger partial charge on any atom is 0.0628 e. The lowest BCUT2D eigenvalue weighted by molar-refractivity contribution is 0.464. The van der Waals surface area contributed by atoms with Crippen LogP contribution in [0, 0.1) is 13.8 Å². The Balaban J connectivity index is 1.90. The van der Waals surface area contributed by atoms with Gasteiger partial charge in [-0.1, -0.05) is 6.92 Å². The van der Waals surface area contributed by atoms with E-state index in [0.717, 1.165) is 13.0 Å². The molecule has 0 saturated heterocycles. The minimum absolute atomic E-state index is 0.592. The van der Waals surface area contributed by atoms with Gasteiger partial charge in [-0.2, -0.15) is 16.4 Å². The minimum Gasteiger partial charge on any atom is -0.314 e. The summed E-state index contributed by atoms with van der Waals surface area (Å²) in [5, 5.41) is 12.6. The molecule has 2 heterocycles. The van der Waals surface area contributed by atoms with Crippen molar-refractivity contribution in [3.8, 4) is 0 Å². The average Bonchev–Trinajstić information content (AvgIpc) is 3.04. The largest absolute Gasteiger partial charge is 0.314 e. The lowest BCUT2D eigenvalue weighted by atomic mass is 9.99. The third-order valence-electron chi connectivity index (χ3n) is 4.26. The van der Waals surface area contributed by atoms with Crippen molar-refractivity contribution in [1.82, 2.24) is 15.1 Å². The third-order valence-corrected chi connectivity index (χ3v) is 4.99. The predicted molar refractivity (Wildman–Crippen MR) is 91.1 cm³/mol. The summed E-state index contributed by atoms with van der Waals surface area (Å²) in [5.74, 6) is 0. The van der Waals surface area contributed by atoms with Crippen molar-refractivity contribution in [3.63, 3.8) is 0 Å². The highest BCUT2D eigenvalue weighted by Gasteiger charge is 2.13. The molecule has 1 unspecified atom stereocenters. The van der Waals surface area contributed by atoms with Crippen molar-refractivity contribution in [2.24, 2.45) is 7.05 Å². The number of hydrogen-bond donors (Lipinski definition) is 1. The number of rotatable bonds is 8. The summed E-state index contributed by atoms with van der Waals surface area (Å²) in [6.45, 7) is 7.52. The van der Waals surface area contributed by atoms with E-state index in [-0.39, 0.29) is 0 Å². The van der Waals surface area contributed by atoms with Crippen LogP contribution in [0.15, 0.2) is 16.8 Å². The molecule has 2 aromatic rings. The quantitative estimate of drug-likeness (QED) is 0.807. The van der Waals surface area contributed by atoms with Crippen LogP contribution in [0.1, 0.15) is 42.3 Å². The smallest absolute Gasteiger partial charge is 0.0628 e. The van der Waals surface area contributed by atoms with E-state index < -0.39 is 0 Å². The second-order valence-corrected chi connectivity index (χ2v) is 6.52. The lowest BCUT2D eigenvalue weighted by Crippen LogP contribution is -2.30. The maximum absolute atomic E-state index is 4.52. The fraction of sp³-hybridized carbons (Fsp3) is 0.588. The van der Waals surface area contributed by atoms with Gasteiger partial charge >= 0.3 is 0 Å². The van der Waals surface area contributed by atoms with Crippen molar-refractivity contribution < 1.29 is 0 Å². The van der Waals surface area contributed by atoms with Gasteiger partial charge in [-0.15, -0.1) is 0 Å². The summed E-state index contributed by atoms with van der Waals surface area (Å²) in [6.07, 6.45) is 4.69. The monoisotopic (exact) mass is 305 g/mol. The second-order valence-electron chi connectivity index (χ2n) is 5.74. The molecule has 4 heteroatoms. The number of aryl methyl sites for hydroxylation is 3. The molecule has 0 saturated carbocycles. The normalized spacial score (nSPS) is 12.8. The van der Waals surface area contributed by atoms with Crippen LogP contribution in [0.2, 0.25) is 0 Å². The van der Waals surface area contributed by atoms with E-state index >= 15 is 0 Å². The first kappa shape index (κ1) is 16.2. The maximum atomic E-state index is 4.52. The Morgan fingerprint density at radius 2 is 2.05 bits per heavy atom. The van der Waals surface area contributed by atoms with Crippen molar-refractivity contribution in [1.29, 1.82) is 0 Å². The van der Waals surface area contributed by atoms with Crippen LogP contribution < -0.4 is 5.32 Å². The number of aromatic nitrogens is 2. The average molecular weight is 305 g/mol. The molecule has 0 bridgehead atoms. The molecule has 0 aliphatic rings. The Morgan fingerprint density at radius 1 is 1.29 bits per heavy atom. The molecular formula is C17H27N3S. The van der Waals surface area contributed by atoms with Crippen LogP contribution in [0.5, 0.6) is 0 Å². The van der Waals surface area contributed by atoms with Gasteiger partial charge in [0, 0.05) is 18.8 Å². The van der Waals surface area contributed by atoms with Gasteiger partial charge in [0.1, 0.15) is 0 Å². The zero-order valence-corrected chi connectivity index (χ0v) is 14.5. The van der Waals surface area contributed by atoms with Crippen LogP contribution in [0.25, 0.3) is 0 Å². The molecule has 0 radical (unpaired) electrons. The third kappa shape index (κ3) is 4.42. The van der Waals surface area contributed by atoms with Gasteiger partial charge in [-0.05, 0) is 74.0 Å². The van der Waals surface area contributed by atoms with E-state index in [9.17, 15) is 0 Å². The number of hydrogen-bond acceptors (Lipinski definition) is 3. The van der Waals surface area contributed by atoms with Gasteiger partial charge in [-0.25, -0.2) is 0 Å². The van der Waals surface area contributed by atoms with Gasteiger partial charge < -0.3 is 5.32 Å². The standard InChI is InChI=1S/C17H27N3S/c1-5-18-16(7-6-15-10-11-21-12-15)8-9-17-13(2)19-20(4)14(17)3/h10-12,16,18H,5-9H2,1-4H3. The Hall–Kier alpha value is -1.13. The van der Waals surface area contributed by atoms with E-state index in [4.69, 9.17) is 0 Å². The van der Waals surface area contributed by atoms with Gasteiger partial charge in [0.25, 0.3) is 0 Å². The summed E-state index contributed by atoms with van der Waals surface area (Å²) >= 11 is 1.79. The fourth-order valence-corrected chi connectivity index (χ4v) is 3.61. The van der Waals surface area contributed by atoms with E-state index in [1.165, 1.54) is 41.8 Å². The van der Waals surface area contributed by atoms with Gasteiger partial charge in [0.2, 0.25) is 0 Å². The molecule has 0 aliphatic heterocycles. The predicted octanol–water partition coefficient (Wildman–Crippen LogP) is 3.64. The van der Waals surface area contributed by atoms with Crippen LogP contribution >= 0.6 is 11.3 Å². The second kappa shape index (κ2) is 7.76. The number of nitrogens with zero attached hydrogens (tertiary/aromatic N) is 2. The SMILES string of the molecule is CCNC(CCc1ccsc1)CCc1c(C)nn(C)c1C. The van der Waals surface area contributed by atoms with E-state index in [1.807, 2.05) is 11.7 Å². The summed E-state index contributed by atoms with van der Waals surface area (Å²) in [7, 11) is 2.03. The summed E-state index contributed by atoms with van der Waals surface area (Å²) < 4.78 is 2.00. The summed E-state index contributed by atoms with van der Waals surface area (Å²) in [6, 6.07) is 2.83. The molecule has 2 rings (SSSR count). The van der Waals surface area contributed by atoms with E-state index in [0.29, 0.717) is 6.04 Å². The molecule has 3 nitrogen and oxygen atoms in total. The zero-order valence-electron chi connectivity index (χ0n) is 13.6. The van der Waals surface area contributed by atoms with Crippen LogP contribution in [-0.2, 0) is 19.9 Å². The minimum atomic E-state index is 0.592. The summed E-state index contributed by atoms with van der Waals surface area (Å²) in [5.41, 5.74) is 5.39. The first-order chi connectivity index (χ1) is 10.1. The molecule has 21 heavy (non-hydrogen) atoms. The first-order valence-corrected chi connectivity index (χ1v) is 8.79. The number of nitrogens with one attached hydrogen (secondary N) is 1. The Morgan fingerprint density at radius 3 is 2.62 bits per heavy atom. The molecule has 0 spiro atoms. The topological polar surface area (TPSA) is 29.9 Å². The Kier molecular flexibility index (Phi) is 6.00. The molecule has 0 aromatic carbocycles. The lowest BCUT2D eigenvalue weighted by Gasteiger charge is -2.17. The summed E-state index contributed by atoms with van der Waals surface area (Å²) in [4.78, 5) is 0. The molecule has 0 amide bonds. The highest BCUT2D eigenvalue weighted by molar-refractivity contribution is 7.07. The molecule has 0 fully saturated rings. The zero-order chi connectivity index (χ0) is 15.2. The van der Waals surface area contributed by atoms with Gasteiger partial charge in [-0.3, -0.25) is 4.68 Å². The molecule has 116 valence electrons. The molecule has 1 N–H and O–H groups in total. The van der Waals surface area contributed by atoms with E-state index in [2.05, 4.69) is 48.0 Å². The van der Waals surface area contributed by atoms with Crippen LogP contribution in [0.3, 0.4) is 0 Å². The first-order valence-electron chi connectivity index (χ1n) is 7.85. The highest BCUT2D eigenvalue weighted by Crippen LogP contribution is 2.17. The molecule has 1 atom stereocenters. The fourth-order valence-electron chi connectivity index (χ4n) is 2.91. The van der Waals surface area contributed by atoms with Crippen LogP contribution in [0.4, 0.5) is 0 Å². The van der Waals surface area contributed by atoms with E-state index in [1.54, 1.807) is 11.3 Å². The van der Waals surface area contributed by atoms with Crippen molar-refractivity contribution in [2.45, 2.75) is 52.5 Å². The Bertz CT molecular complexity index is 543. The molecular weight excluding hydrogens is 278 g/mol. The Labute approximate surface area is 132 Å². The van der Waals surface area contributed by atoms with Crippen molar-refractivity contribution in [3.05, 3.63) is 39.3 Å². The van der Waals surface area contributed by atoms with Crippen molar-refractivity contribution >= 4 is 11.3 Å². The van der Waals surface area contributed by atoms with Crippen molar-refractivity contribution in [2.75, 3.05) is 6.54 Å². The van der Waals surface area contributed by atoms with Crippen LogP contribution in [-0.4, -0.2) is 22.4 Å². The molecule has 0 aliphatic carbocycles. The van der Waals surface area contributed by atoms with Gasteiger partial charge in [0.15, 0.2) is 0 Å². The van der Waals surface area contributed by atoms with Gasteiger partial charge in [0.05, 0.1) is 5.69 Å². The number of thiophene rings is 1.